The Labute approximate surface area is 145 Å². The van der Waals surface area contributed by atoms with Crippen molar-refractivity contribution in [2.24, 2.45) is 0 Å². The van der Waals surface area contributed by atoms with Gasteiger partial charge >= 0.3 is 0 Å². The van der Waals surface area contributed by atoms with E-state index < -0.39 is 23.1 Å². The molecule has 0 bridgehead atoms. The molecule has 0 fully saturated rings. The zero-order chi connectivity index (χ0) is 17.7. The largest absolute Gasteiger partial charge is 0.355 e. The van der Waals surface area contributed by atoms with E-state index in [1.807, 2.05) is 0 Å². The van der Waals surface area contributed by atoms with Gasteiger partial charge in [0.25, 0.3) is 11.6 Å². The van der Waals surface area contributed by atoms with Crippen LogP contribution in [-0.2, 0) is 0 Å². The first-order valence-electron chi connectivity index (χ1n) is 6.72. The molecule has 0 amide bonds. The Balaban J connectivity index is 2.18. The molecule has 0 aromatic heterocycles. The van der Waals surface area contributed by atoms with Crippen molar-refractivity contribution >= 4 is 34.9 Å². The van der Waals surface area contributed by atoms with E-state index in [-0.39, 0.29) is 16.0 Å². The van der Waals surface area contributed by atoms with Gasteiger partial charge in [-0.25, -0.2) is 0 Å². The summed E-state index contributed by atoms with van der Waals surface area (Å²) in [6.07, 6.45) is 0. The van der Waals surface area contributed by atoms with Gasteiger partial charge in [0.05, 0.1) is 5.02 Å². The van der Waals surface area contributed by atoms with Gasteiger partial charge in [0.2, 0.25) is 11.6 Å². The van der Waals surface area contributed by atoms with E-state index in [2.05, 4.69) is 0 Å². The summed E-state index contributed by atoms with van der Waals surface area (Å²) in [6, 6.07) is 10.9. The van der Waals surface area contributed by atoms with Crippen molar-refractivity contribution in [3.8, 4) is 0 Å². The fraction of sp³-hybridized carbons (Fsp3) is 0.125. The summed E-state index contributed by atoms with van der Waals surface area (Å²) in [5.41, 5.74) is -0.600. The SMILES string of the molecule is O=C1c2cccc(Sc3ccccc3Cl)c2C(=O)C(O)(O)C1(O)O. The van der Waals surface area contributed by atoms with Crippen LogP contribution < -0.4 is 0 Å². The lowest BCUT2D eigenvalue weighted by Gasteiger charge is -2.37. The van der Waals surface area contributed by atoms with Gasteiger partial charge in [-0.2, -0.15) is 0 Å². The maximum absolute atomic E-state index is 12.4. The molecule has 0 atom stereocenters. The normalized spacial score (nSPS) is 18.4. The van der Waals surface area contributed by atoms with Crippen LogP contribution in [0.2, 0.25) is 5.02 Å². The maximum Gasteiger partial charge on any atom is 0.292 e. The molecule has 2 aromatic rings. The second-order valence-corrected chi connectivity index (χ2v) is 6.70. The van der Waals surface area contributed by atoms with Gasteiger partial charge in [-0.05, 0) is 18.2 Å². The Morgan fingerprint density at radius 3 is 2.04 bits per heavy atom. The Morgan fingerprint density at radius 1 is 0.792 bits per heavy atom. The summed E-state index contributed by atoms with van der Waals surface area (Å²) in [6.45, 7) is 0. The smallest absolute Gasteiger partial charge is 0.292 e. The number of halogens is 1. The maximum atomic E-state index is 12.4. The highest BCUT2D eigenvalue weighted by molar-refractivity contribution is 7.99. The van der Waals surface area contributed by atoms with Crippen LogP contribution in [0.5, 0.6) is 0 Å². The number of ketones is 2. The third kappa shape index (κ3) is 2.37. The molecule has 2 aromatic carbocycles. The number of hydrogen-bond acceptors (Lipinski definition) is 7. The third-order valence-corrected chi connectivity index (χ3v) is 5.25. The van der Waals surface area contributed by atoms with Crippen molar-refractivity contribution in [3.05, 3.63) is 58.6 Å². The Hall–Kier alpha value is -1.74. The minimum absolute atomic E-state index is 0.238. The molecule has 0 unspecified atom stereocenters. The minimum atomic E-state index is -3.64. The molecule has 24 heavy (non-hydrogen) atoms. The lowest BCUT2D eigenvalue weighted by molar-refractivity contribution is -0.299. The second kappa shape index (κ2) is 5.66. The molecule has 4 N–H and O–H groups in total. The molecule has 0 spiro atoms. The predicted molar refractivity (Wildman–Crippen MR) is 85.0 cm³/mol. The summed E-state index contributed by atoms with van der Waals surface area (Å²) in [7, 11) is 0. The standard InChI is InChI=1S/C16H11ClO6S/c17-9-5-1-2-6-10(9)24-11-7-3-4-8-12(11)14(19)16(22,23)15(20,21)13(8)18/h1-7,20-23H. The van der Waals surface area contributed by atoms with Crippen molar-refractivity contribution in [1.29, 1.82) is 0 Å². The van der Waals surface area contributed by atoms with Crippen molar-refractivity contribution in [2.75, 3.05) is 0 Å². The summed E-state index contributed by atoms with van der Waals surface area (Å²) in [5.74, 6) is -10.0. The number of fused-ring (bicyclic) bond motifs is 1. The topological polar surface area (TPSA) is 115 Å². The molecular weight excluding hydrogens is 356 g/mol. The van der Waals surface area contributed by atoms with Crippen molar-refractivity contribution < 1.29 is 30.0 Å². The Bertz CT molecular complexity index is 861. The number of benzene rings is 2. The van der Waals surface area contributed by atoms with Crippen LogP contribution >= 0.6 is 23.4 Å². The molecule has 3 rings (SSSR count). The average Bonchev–Trinajstić information content (AvgIpc) is 2.54. The van der Waals surface area contributed by atoms with E-state index in [0.717, 1.165) is 11.8 Å². The van der Waals surface area contributed by atoms with Crippen LogP contribution in [0.1, 0.15) is 20.7 Å². The lowest BCUT2D eigenvalue weighted by atomic mass is 9.80. The molecule has 1 aliphatic carbocycles. The van der Waals surface area contributed by atoms with E-state index in [1.165, 1.54) is 18.2 Å². The van der Waals surface area contributed by atoms with Gasteiger partial charge in [-0.15, -0.1) is 0 Å². The lowest BCUT2D eigenvalue weighted by Crippen LogP contribution is -2.66. The van der Waals surface area contributed by atoms with Crippen LogP contribution in [0.3, 0.4) is 0 Å². The van der Waals surface area contributed by atoms with Crippen LogP contribution in [0.15, 0.2) is 52.3 Å². The molecule has 0 aliphatic heterocycles. The van der Waals surface area contributed by atoms with Gasteiger partial charge < -0.3 is 20.4 Å². The van der Waals surface area contributed by atoms with Gasteiger partial charge in [0, 0.05) is 20.9 Å². The Kier molecular flexibility index (Phi) is 4.03. The number of rotatable bonds is 2. The van der Waals surface area contributed by atoms with E-state index in [0.29, 0.717) is 9.92 Å². The van der Waals surface area contributed by atoms with Crippen LogP contribution in [-0.4, -0.2) is 43.6 Å². The van der Waals surface area contributed by atoms with Crippen molar-refractivity contribution in [2.45, 2.75) is 21.4 Å². The fourth-order valence-electron chi connectivity index (χ4n) is 2.36. The molecule has 124 valence electrons. The highest BCUT2D eigenvalue weighted by Gasteiger charge is 2.63. The van der Waals surface area contributed by atoms with Gasteiger partial charge in [-0.1, -0.05) is 47.6 Å². The highest BCUT2D eigenvalue weighted by atomic mass is 35.5. The first-order valence-corrected chi connectivity index (χ1v) is 7.92. The van der Waals surface area contributed by atoms with E-state index in [1.54, 1.807) is 24.3 Å². The molecule has 0 saturated carbocycles. The summed E-state index contributed by atoms with van der Waals surface area (Å²) >= 11 is 7.12. The summed E-state index contributed by atoms with van der Waals surface area (Å²) in [5, 5.41) is 39.3. The highest BCUT2D eigenvalue weighted by Crippen LogP contribution is 2.41. The Morgan fingerprint density at radius 2 is 1.38 bits per heavy atom. The first-order chi connectivity index (χ1) is 11.2. The van der Waals surface area contributed by atoms with E-state index in [4.69, 9.17) is 11.6 Å². The average molecular weight is 367 g/mol. The first kappa shape index (κ1) is 17.1. The number of aliphatic hydroxyl groups is 4. The second-order valence-electron chi connectivity index (χ2n) is 5.21. The zero-order valence-electron chi connectivity index (χ0n) is 11.9. The minimum Gasteiger partial charge on any atom is -0.355 e. The zero-order valence-corrected chi connectivity index (χ0v) is 13.5. The van der Waals surface area contributed by atoms with Crippen LogP contribution in [0.25, 0.3) is 0 Å². The fourth-order valence-corrected chi connectivity index (χ4v) is 3.62. The van der Waals surface area contributed by atoms with Gasteiger partial charge in [0.15, 0.2) is 0 Å². The number of carbonyl (C=O) groups is 2. The predicted octanol–water partition coefficient (Wildman–Crippen LogP) is 1.23. The molecular formula is C16H11ClO6S. The molecule has 8 heteroatoms. The van der Waals surface area contributed by atoms with E-state index >= 15 is 0 Å². The van der Waals surface area contributed by atoms with Gasteiger partial charge in [0.1, 0.15) is 0 Å². The van der Waals surface area contributed by atoms with Crippen LogP contribution in [0, 0.1) is 0 Å². The summed E-state index contributed by atoms with van der Waals surface area (Å²) in [4.78, 5) is 25.4. The molecule has 0 heterocycles. The number of Topliss-reactive ketones (excluding diaryl/α,β-unsaturated/α-hetero) is 2. The van der Waals surface area contributed by atoms with Crippen molar-refractivity contribution in [3.63, 3.8) is 0 Å². The van der Waals surface area contributed by atoms with Gasteiger partial charge in [-0.3, -0.25) is 9.59 Å². The van der Waals surface area contributed by atoms with Crippen LogP contribution in [0.4, 0.5) is 0 Å². The van der Waals surface area contributed by atoms with Crippen molar-refractivity contribution in [1.82, 2.24) is 0 Å². The molecule has 6 nitrogen and oxygen atoms in total. The third-order valence-electron chi connectivity index (χ3n) is 3.67. The molecule has 1 aliphatic rings. The molecule has 0 radical (unpaired) electrons. The monoisotopic (exact) mass is 366 g/mol. The molecule has 0 saturated heterocycles. The van der Waals surface area contributed by atoms with E-state index in [9.17, 15) is 30.0 Å². The number of carbonyl (C=O) groups excluding carboxylic acids is 2. The number of hydrogen-bond donors (Lipinski definition) is 4. The quantitative estimate of drug-likeness (QED) is 0.591. The summed E-state index contributed by atoms with van der Waals surface area (Å²) < 4.78 is 0.